The van der Waals surface area contributed by atoms with Crippen molar-refractivity contribution in [3.63, 3.8) is 0 Å². The zero-order chi connectivity index (χ0) is 15.0. The molecular weight excluding hydrogens is 268 g/mol. The molecule has 0 spiro atoms. The van der Waals surface area contributed by atoms with E-state index >= 15 is 0 Å². The summed E-state index contributed by atoms with van der Waals surface area (Å²) in [5, 5.41) is 8.90. The van der Waals surface area contributed by atoms with Crippen molar-refractivity contribution in [3.05, 3.63) is 62.9 Å². The van der Waals surface area contributed by atoms with E-state index in [1.807, 2.05) is 12.2 Å². The molecule has 2 aliphatic rings. The summed E-state index contributed by atoms with van der Waals surface area (Å²) in [6.07, 6.45) is 10.6. The maximum atomic E-state index is 11.8. The molecule has 0 aromatic carbocycles. The molecule has 1 heterocycles. The van der Waals surface area contributed by atoms with E-state index in [2.05, 4.69) is 23.0 Å². The Kier molecular flexibility index (Phi) is 3.33. The summed E-state index contributed by atoms with van der Waals surface area (Å²) in [5.74, 6) is -0.859. The zero-order valence-electron chi connectivity index (χ0n) is 11.7. The lowest BCUT2D eigenvalue weighted by Gasteiger charge is -2.27. The molecule has 0 saturated carbocycles. The second-order valence-electron chi connectivity index (χ2n) is 5.37. The maximum Gasteiger partial charge on any atom is 0.342 e. The lowest BCUT2D eigenvalue weighted by Crippen LogP contribution is -2.23. The van der Waals surface area contributed by atoms with Gasteiger partial charge in [-0.3, -0.25) is 4.79 Å². The van der Waals surface area contributed by atoms with Gasteiger partial charge >= 0.3 is 5.97 Å². The Morgan fingerprint density at radius 1 is 1.48 bits per heavy atom. The summed E-state index contributed by atoms with van der Waals surface area (Å²) >= 11 is 0. The molecule has 0 saturated heterocycles. The number of fused-ring (bicyclic) bond motifs is 1. The van der Waals surface area contributed by atoms with Crippen LogP contribution in [0.4, 0.5) is 0 Å². The summed E-state index contributed by atoms with van der Waals surface area (Å²) < 4.78 is 0. The lowest BCUT2D eigenvalue weighted by atomic mass is 9.78. The van der Waals surface area contributed by atoms with Crippen LogP contribution in [0.3, 0.4) is 0 Å². The first-order valence-corrected chi connectivity index (χ1v) is 6.99. The number of carbonyl (C=O) groups is 1. The van der Waals surface area contributed by atoms with Gasteiger partial charge in [0.2, 0.25) is 0 Å². The topological polar surface area (TPSA) is 83.0 Å². The van der Waals surface area contributed by atoms with Crippen LogP contribution in [0.1, 0.15) is 48.3 Å². The van der Waals surface area contributed by atoms with E-state index in [0.29, 0.717) is 5.82 Å². The molecule has 0 fully saturated rings. The molecular formula is C16H16N2O3. The SMILES string of the molecule is CC1=C2CCCC=C2C(c2ncc(C(=O)O)c(=O)[nH]2)C=C1. The number of aromatic amines is 1. The molecule has 21 heavy (non-hydrogen) atoms. The summed E-state index contributed by atoms with van der Waals surface area (Å²) in [6, 6.07) is 0. The van der Waals surface area contributed by atoms with Crippen molar-refractivity contribution in [1.82, 2.24) is 9.97 Å². The van der Waals surface area contributed by atoms with Gasteiger partial charge in [0.15, 0.2) is 0 Å². The van der Waals surface area contributed by atoms with Crippen molar-refractivity contribution in [2.75, 3.05) is 0 Å². The number of aromatic nitrogens is 2. The fourth-order valence-corrected chi connectivity index (χ4v) is 2.95. The Morgan fingerprint density at radius 3 is 3.00 bits per heavy atom. The Labute approximate surface area is 121 Å². The van der Waals surface area contributed by atoms with E-state index in [1.165, 1.54) is 16.7 Å². The predicted octanol–water partition coefficient (Wildman–Crippen LogP) is 2.55. The van der Waals surface area contributed by atoms with Gasteiger partial charge in [-0.15, -0.1) is 0 Å². The van der Waals surface area contributed by atoms with Crippen LogP contribution in [0.15, 0.2) is 45.9 Å². The highest BCUT2D eigenvalue weighted by molar-refractivity contribution is 5.86. The third-order valence-corrected chi connectivity index (χ3v) is 4.04. The smallest absolute Gasteiger partial charge is 0.342 e. The molecule has 5 heteroatoms. The largest absolute Gasteiger partial charge is 0.477 e. The standard InChI is InChI=1S/C16H16N2O3/c1-9-6-7-12(11-5-3-2-4-10(9)11)14-17-8-13(16(20)21)15(19)18-14/h5-8,12H,2-4H2,1H3,(H,20,21)(H,17,18,19). The number of H-pyrrole nitrogens is 1. The summed E-state index contributed by atoms with van der Waals surface area (Å²) in [6.45, 7) is 2.09. The Bertz CT molecular complexity index is 753. The van der Waals surface area contributed by atoms with Crippen molar-refractivity contribution in [3.8, 4) is 0 Å². The number of allylic oxidation sites excluding steroid dienone is 6. The first kappa shape index (κ1) is 13.5. The number of nitrogens with one attached hydrogen (secondary N) is 1. The molecule has 0 aliphatic heterocycles. The molecule has 108 valence electrons. The van der Waals surface area contributed by atoms with Crippen molar-refractivity contribution in [2.45, 2.75) is 32.1 Å². The van der Waals surface area contributed by atoms with Gasteiger partial charge in [0.25, 0.3) is 5.56 Å². The minimum Gasteiger partial charge on any atom is -0.477 e. The van der Waals surface area contributed by atoms with Gasteiger partial charge in [0, 0.05) is 6.20 Å². The summed E-state index contributed by atoms with van der Waals surface area (Å²) in [4.78, 5) is 29.5. The van der Waals surface area contributed by atoms with E-state index in [9.17, 15) is 9.59 Å². The van der Waals surface area contributed by atoms with E-state index in [0.717, 1.165) is 25.5 Å². The number of hydrogen-bond acceptors (Lipinski definition) is 3. The molecule has 1 atom stereocenters. The molecule has 0 radical (unpaired) electrons. The van der Waals surface area contributed by atoms with Crippen LogP contribution in [0.5, 0.6) is 0 Å². The van der Waals surface area contributed by atoms with Gasteiger partial charge in [-0.1, -0.05) is 18.2 Å². The van der Waals surface area contributed by atoms with Crippen LogP contribution in [0, 0.1) is 0 Å². The van der Waals surface area contributed by atoms with Gasteiger partial charge in [-0.25, -0.2) is 9.78 Å². The van der Waals surface area contributed by atoms with E-state index in [1.54, 1.807) is 0 Å². The average Bonchev–Trinajstić information content (AvgIpc) is 2.47. The molecule has 3 rings (SSSR count). The quantitative estimate of drug-likeness (QED) is 0.874. The first-order chi connectivity index (χ1) is 10.1. The van der Waals surface area contributed by atoms with Crippen molar-refractivity contribution < 1.29 is 9.90 Å². The number of rotatable bonds is 2. The number of aromatic carboxylic acids is 1. The maximum absolute atomic E-state index is 11.8. The van der Waals surface area contributed by atoms with E-state index in [-0.39, 0.29) is 11.5 Å². The molecule has 1 aromatic rings. The highest BCUT2D eigenvalue weighted by Crippen LogP contribution is 2.39. The van der Waals surface area contributed by atoms with Gasteiger partial charge in [-0.2, -0.15) is 0 Å². The molecule has 0 amide bonds. The zero-order valence-corrected chi connectivity index (χ0v) is 11.7. The van der Waals surface area contributed by atoms with Crippen LogP contribution in [-0.4, -0.2) is 21.0 Å². The molecule has 1 unspecified atom stereocenters. The van der Waals surface area contributed by atoms with Crippen LogP contribution in [-0.2, 0) is 0 Å². The normalized spacial score (nSPS) is 21.0. The van der Waals surface area contributed by atoms with Gasteiger partial charge in [-0.05, 0) is 42.9 Å². The van der Waals surface area contributed by atoms with Crippen molar-refractivity contribution in [2.24, 2.45) is 0 Å². The first-order valence-electron chi connectivity index (χ1n) is 6.99. The minimum atomic E-state index is -1.26. The molecule has 5 nitrogen and oxygen atoms in total. The highest BCUT2D eigenvalue weighted by Gasteiger charge is 2.26. The predicted molar refractivity (Wildman–Crippen MR) is 78.3 cm³/mol. The number of hydrogen-bond donors (Lipinski definition) is 2. The van der Waals surface area contributed by atoms with E-state index in [4.69, 9.17) is 5.11 Å². The third kappa shape index (κ3) is 2.35. The summed E-state index contributed by atoms with van der Waals surface area (Å²) in [5.41, 5.74) is 2.82. The second kappa shape index (κ2) is 5.16. The molecule has 0 bridgehead atoms. The Hall–Kier alpha value is -2.43. The van der Waals surface area contributed by atoms with Gasteiger partial charge < -0.3 is 10.1 Å². The van der Waals surface area contributed by atoms with Gasteiger partial charge in [0.1, 0.15) is 11.4 Å². The highest BCUT2D eigenvalue weighted by atomic mass is 16.4. The van der Waals surface area contributed by atoms with Crippen LogP contribution >= 0.6 is 0 Å². The summed E-state index contributed by atoms with van der Waals surface area (Å²) in [7, 11) is 0. The fourth-order valence-electron chi connectivity index (χ4n) is 2.95. The van der Waals surface area contributed by atoms with E-state index < -0.39 is 11.5 Å². The Balaban J connectivity index is 2.04. The van der Waals surface area contributed by atoms with Crippen molar-refractivity contribution in [1.29, 1.82) is 0 Å². The monoisotopic (exact) mass is 284 g/mol. The molecule has 2 N–H and O–H groups in total. The number of nitrogens with zero attached hydrogens (tertiary/aromatic N) is 1. The molecule has 1 aromatic heterocycles. The molecule has 2 aliphatic carbocycles. The minimum absolute atomic E-state index is 0.0976. The third-order valence-electron chi connectivity index (χ3n) is 4.04. The second-order valence-corrected chi connectivity index (χ2v) is 5.37. The van der Waals surface area contributed by atoms with Crippen LogP contribution in [0.2, 0.25) is 0 Å². The van der Waals surface area contributed by atoms with Crippen molar-refractivity contribution >= 4 is 5.97 Å². The van der Waals surface area contributed by atoms with Gasteiger partial charge in [0.05, 0.1) is 5.92 Å². The number of carboxylic acids is 1. The van der Waals surface area contributed by atoms with Crippen LogP contribution in [0.25, 0.3) is 0 Å². The van der Waals surface area contributed by atoms with Crippen LogP contribution < -0.4 is 5.56 Å². The average molecular weight is 284 g/mol. The lowest BCUT2D eigenvalue weighted by molar-refractivity contribution is 0.0694. The Morgan fingerprint density at radius 2 is 2.29 bits per heavy atom. The fraction of sp³-hybridized carbons (Fsp3) is 0.312. The number of carboxylic acid groups (broad SMARTS) is 1.